The Balaban J connectivity index is 2.33. The van der Waals surface area contributed by atoms with Crippen molar-refractivity contribution >= 4 is 23.8 Å². The van der Waals surface area contributed by atoms with Crippen LogP contribution >= 0.6 is 0 Å². The van der Waals surface area contributed by atoms with Gasteiger partial charge in [0.25, 0.3) is 0 Å². The molecule has 9 nitrogen and oxygen atoms in total. The van der Waals surface area contributed by atoms with Crippen molar-refractivity contribution < 1.29 is 38.4 Å². The summed E-state index contributed by atoms with van der Waals surface area (Å²) < 4.78 is 21.3. The lowest BCUT2D eigenvalue weighted by Crippen LogP contribution is -2.13. The predicted octanol–water partition coefficient (Wildman–Crippen LogP) is 3.13. The first-order valence-corrected chi connectivity index (χ1v) is 10.5. The van der Waals surface area contributed by atoms with E-state index in [1.807, 2.05) is 0 Å². The van der Waals surface area contributed by atoms with E-state index in [0.29, 0.717) is 30.2 Å². The molecule has 3 N–H and O–H groups in total. The number of carboxylic acids is 1. The topological polar surface area (TPSA) is 134 Å². The summed E-state index contributed by atoms with van der Waals surface area (Å²) in [5, 5.41) is 8.84. The van der Waals surface area contributed by atoms with Gasteiger partial charge in [-0.1, -0.05) is 24.8 Å². The van der Waals surface area contributed by atoms with Gasteiger partial charge in [0.15, 0.2) is 12.4 Å². The van der Waals surface area contributed by atoms with E-state index in [1.165, 1.54) is 24.3 Å². The van der Waals surface area contributed by atoms with Gasteiger partial charge in [-0.15, -0.1) is 0 Å². The van der Waals surface area contributed by atoms with Gasteiger partial charge in [0.2, 0.25) is 0 Å². The Morgan fingerprint density at radius 1 is 1.03 bits per heavy atom. The highest BCUT2D eigenvalue weighted by molar-refractivity contribution is 6.09. The van der Waals surface area contributed by atoms with E-state index in [-0.39, 0.29) is 35.9 Å². The van der Waals surface area contributed by atoms with Gasteiger partial charge in [-0.25, -0.2) is 9.59 Å². The van der Waals surface area contributed by atoms with Crippen LogP contribution in [0.4, 0.5) is 0 Å². The number of benzene rings is 2. The second-order valence-corrected chi connectivity index (χ2v) is 6.75. The molecule has 0 aliphatic rings. The van der Waals surface area contributed by atoms with Crippen LogP contribution in [-0.4, -0.2) is 55.8 Å². The van der Waals surface area contributed by atoms with Crippen molar-refractivity contribution in [3.63, 3.8) is 0 Å². The molecule has 2 rings (SSSR count). The number of rotatable bonds is 14. The highest BCUT2D eigenvalue weighted by Crippen LogP contribution is 2.26. The van der Waals surface area contributed by atoms with Crippen molar-refractivity contribution in [3.8, 4) is 17.2 Å². The molecule has 0 atom stereocenters. The van der Waals surface area contributed by atoms with Gasteiger partial charge < -0.3 is 29.8 Å². The van der Waals surface area contributed by atoms with Gasteiger partial charge in [0, 0.05) is 6.54 Å². The van der Waals surface area contributed by atoms with Gasteiger partial charge in [0.1, 0.15) is 36.0 Å². The number of aliphatic carboxylic acids is 1. The zero-order valence-corrected chi connectivity index (χ0v) is 18.8. The summed E-state index contributed by atoms with van der Waals surface area (Å²) in [5.41, 5.74) is 6.30. The molecule has 2 aromatic rings. The monoisotopic (exact) mass is 469 g/mol. The number of esters is 1. The Morgan fingerprint density at radius 2 is 1.76 bits per heavy atom. The maximum absolute atomic E-state index is 12.9. The SMILES string of the molecule is C=CCOc1ccc(OCCN)cc1C(=O)/C=C/c1ccc(OCC(=O)O)c(C(=O)OCC)c1. The summed E-state index contributed by atoms with van der Waals surface area (Å²) in [6.07, 6.45) is 4.40. The van der Waals surface area contributed by atoms with Crippen LogP contribution in [0.1, 0.15) is 33.2 Å². The molecule has 0 aliphatic heterocycles. The first-order chi connectivity index (χ1) is 16.4. The van der Waals surface area contributed by atoms with Crippen LogP contribution in [0, 0.1) is 0 Å². The molecule has 0 bridgehead atoms. The molecule has 34 heavy (non-hydrogen) atoms. The van der Waals surface area contributed by atoms with Crippen molar-refractivity contribution in [1.82, 2.24) is 0 Å². The Bertz CT molecular complexity index is 1060. The van der Waals surface area contributed by atoms with Crippen LogP contribution in [-0.2, 0) is 9.53 Å². The second-order valence-electron chi connectivity index (χ2n) is 6.75. The second kappa shape index (κ2) is 13.4. The standard InChI is InChI=1S/C25H27NO8/c1-3-12-33-22-10-7-18(32-13-11-26)15-19(22)21(27)8-5-17-6-9-23(34-16-24(28)29)20(14-17)25(30)31-4-2/h3,5-10,14-15H,1,4,11-13,16,26H2,2H3,(H,28,29)/b8-5+. The summed E-state index contributed by atoms with van der Waals surface area (Å²) in [4.78, 5) is 36.1. The molecule has 0 radical (unpaired) electrons. The van der Waals surface area contributed by atoms with Gasteiger partial charge in [-0.3, -0.25) is 4.79 Å². The van der Waals surface area contributed by atoms with Crippen molar-refractivity contribution in [1.29, 1.82) is 0 Å². The first kappa shape index (κ1) is 26.1. The largest absolute Gasteiger partial charge is 0.492 e. The van der Waals surface area contributed by atoms with Gasteiger partial charge >= 0.3 is 11.9 Å². The number of carbonyl (C=O) groups excluding carboxylic acids is 2. The minimum absolute atomic E-state index is 0.0462. The molecule has 0 fully saturated rings. The summed E-state index contributed by atoms with van der Waals surface area (Å²) >= 11 is 0. The molecule has 0 amide bonds. The molecule has 0 spiro atoms. The van der Waals surface area contributed by atoms with E-state index in [1.54, 1.807) is 37.3 Å². The molecular weight excluding hydrogens is 442 g/mol. The van der Waals surface area contributed by atoms with E-state index in [4.69, 9.17) is 29.8 Å². The maximum atomic E-state index is 12.9. The number of hydrogen-bond acceptors (Lipinski definition) is 8. The zero-order valence-electron chi connectivity index (χ0n) is 18.8. The fraction of sp³-hybridized carbons (Fsp3) is 0.240. The minimum Gasteiger partial charge on any atom is -0.492 e. The third-order valence-corrected chi connectivity index (χ3v) is 4.24. The maximum Gasteiger partial charge on any atom is 0.341 e. The number of ketones is 1. The van der Waals surface area contributed by atoms with Crippen LogP contribution in [0.15, 0.2) is 55.1 Å². The number of hydrogen-bond donors (Lipinski definition) is 2. The van der Waals surface area contributed by atoms with E-state index < -0.39 is 18.5 Å². The highest BCUT2D eigenvalue weighted by atomic mass is 16.5. The Labute approximate surface area is 197 Å². The summed E-state index contributed by atoms with van der Waals surface area (Å²) in [7, 11) is 0. The fourth-order valence-corrected chi connectivity index (χ4v) is 2.79. The van der Waals surface area contributed by atoms with E-state index in [2.05, 4.69) is 6.58 Å². The van der Waals surface area contributed by atoms with E-state index >= 15 is 0 Å². The molecule has 0 heterocycles. The molecule has 9 heteroatoms. The van der Waals surface area contributed by atoms with Crippen molar-refractivity contribution in [2.24, 2.45) is 5.73 Å². The molecule has 0 saturated heterocycles. The quantitative estimate of drug-likeness (QED) is 0.185. The number of carboxylic acid groups (broad SMARTS) is 1. The van der Waals surface area contributed by atoms with Crippen LogP contribution in [0.2, 0.25) is 0 Å². The van der Waals surface area contributed by atoms with E-state index in [9.17, 15) is 14.4 Å². The predicted molar refractivity (Wildman–Crippen MR) is 126 cm³/mol. The summed E-state index contributed by atoms with van der Waals surface area (Å²) in [5.74, 6) is -1.32. The lowest BCUT2D eigenvalue weighted by molar-refractivity contribution is -0.139. The molecular formula is C25H27NO8. The summed E-state index contributed by atoms with van der Waals surface area (Å²) in [6.45, 7) is 5.61. The van der Waals surface area contributed by atoms with Crippen LogP contribution in [0.25, 0.3) is 6.08 Å². The Kier molecular flexibility index (Phi) is 10.3. The van der Waals surface area contributed by atoms with Crippen molar-refractivity contribution in [2.45, 2.75) is 6.92 Å². The average Bonchev–Trinajstić information content (AvgIpc) is 2.83. The smallest absolute Gasteiger partial charge is 0.341 e. The van der Waals surface area contributed by atoms with Gasteiger partial charge in [0.05, 0.1) is 12.2 Å². The Morgan fingerprint density at radius 3 is 2.44 bits per heavy atom. The lowest BCUT2D eigenvalue weighted by atomic mass is 10.1. The van der Waals surface area contributed by atoms with Crippen LogP contribution in [0.3, 0.4) is 0 Å². The minimum atomic E-state index is -1.18. The van der Waals surface area contributed by atoms with Crippen molar-refractivity contribution in [3.05, 3.63) is 71.8 Å². The van der Waals surface area contributed by atoms with E-state index in [0.717, 1.165) is 0 Å². The summed E-state index contributed by atoms with van der Waals surface area (Å²) in [6, 6.07) is 9.35. The highest BCUT2D eigenvalue weighted by Gasteiger charge is 2.16. The van der Waals surface area contributed by atoms with Crippen LogP contribution < -0.4 is 19.9 Å². The Hall–Kier alpha value is -4.11. The van der Waals surface area contributed by atoms with Crippen molar-refractivity contribution in [2.75, 3.05) is 33.0 Å². The number of nitrogens with two attached hydrogens (primary N) is 1. The molecule has 180 valence electrons. The lowest BCUT2D eigenvalue weighted by Gasteiger charge is -2.11. The third-order valence-electron chi connectivity index (χ3n) is 4.24. The first-order valence-electron chi connectivity index (χ1n) is 10.5. The number of ether oxygens (including phenoxy) is 4. The third kappa shape index (κ3) is 7.79. The van der Waals surface area contributed by atoms with Gasteiger partial charge in [-0.2, -0.15) is 0 Å². The molecule has 2 aromatic carbocycles. The molecule has 0 unspecified atom stereocenters. The number of allylic oxidation sites excluding steroid dienone is 1. The van der Waals surface area contributed by atoms with Gasteiger partial charge in [-0.05, 0) is 48.9 Å². The average molecular weight is 469 g/mol. The number of carbonyl (C=O) groups is 3. The fourth-order valence-electron chi connectivity index (χ4n) is 2.79. The molecule has 0 saturated carbocycles. The molecule has 0 aromatic heterocycles. The zero-order chi connectivity index (χ0) is 24.9. The van der Waals surface area contributed by atoms with Crippen LogP contribution in [0.5, 0.6) is 17.2 Å². The molecule has 0 aliphatic carbocycles. The normalized spacial score (nSPS) is 10.5.